The van der Waals surface area contributed by atoms with Crippen LogP contribution in [0.25, 0.3) is 27.6 Å². The number of carbonyl (C=O) groups excluding carboxylic acids is 1. The topological polar surface area (TPSA) is 58.9 Å². The first kappa shape index (κ1) is 23.2. The number of hydrogen-bond donors (Lipinski definition) is 1. The van der Waals surface area contributed by atoms with E-state index in [-0.39, 0.29) is 18.1 Å². The summed E-state index contributed by atoms with van der Waals surface area (Å²) in [5, 5.41) is 15.1. The van der Waals surface area contributed by atoms with Gasteiger partial charge in [0.1, 0.15) is 0 Å². The van der Waals surface area contributed by atoms with Crippen molar-refractivity contribution in [2.45, 2.75) is 32.6 Å². The third-order valence-electron chi connectivity index (χ3n) is 5.78. The number of carbonyl (C=O) groups is 1. The van der Waals surface area contributed by atoms with Crippen LogP contribution in [0.15, 0.2) is 95.7 Å². The summed E-state index contributed by atoms with van der Waals surface area (Å²) in [6.07, 6.45) is 4.66. The van der Waals surface area contributed by atoms with Gasteiger partial charge in [-0.3, -0.25) is 4.79 Å². The van der Waals surface area contributed by atoms with Gasteiger partial charge in [-0.1, -0.05) is 105 Å². The smallest absolute Gasteiger partial charge is 0.317 e. The highest BCUT2D eigenvalue weighted by Crippen LogP contribution is 2.22. The lowest BCUT2D eigenvalue weighted by atomic mass is 10.0. The van der Waals surface area contributed by atoms with Crippen molar-refractivity contribution in [3.05, 3.63) is 102 Å². The van der Waals surface area contributed by atoms with Crippen molar-refractivity contribution < 1.29 is 14.6 Å². The quantitative estimate of drug-likeness (QED) is 0.101. The molecule has 0 saturated heterocycles. The molecule has 0 saturated carbocycles. The molecule has 0 spiro atoms. The molecule has 0 amide bonds. The van der Waals surface area contributed by atoms with Crippen LogP contribution in [0.3, 0.4) is 0 Å². The second kappa shape index (κ2) is 11.3. The number of aliphatic imine (C=N–C) groups is 1. The van der Waals surface area contributed by atoms with Crippen LogP contribution in [0.2, 0.25) is 0 Å². The molecule has 1 N–H and O–H groups in total. The molecule has 0 atom stereocenters. The van der Waals surface area contributed by atoms with Crippen LogP contribution in [0.1, 0.15) is 37.3 Å². The highest BCUT2D eigenvalue weighted by atomic mass is 16.6. The number of hydrogen-bond acceptors (Lipinski definition) is 4. The van der Waals surface area contributed by atoms with Gasteiger partial charge in [-0.25, -0.2) is 4.99 Å². The summed E-state index contributed by atoms with van der Waals surface area (Å²) in [6.45, 7) is 2.60. The van der Waals surface area contributed by atoms with E-state index in [0.29, 0.717) is 6.54 Å². The van der Waals surface area contributed by atoms with Crippen LogP contribution in [0.5, 0.6) is 0 Å². The zero-order valence-electron chi connectivity index (χ0n) is 19.4. The van der Waals surface area contributed by atoms with Crippen molar-refractivity contribution in [1.82, 2.24) is 0 Å². The average Bonchev–Trinajstić information content (AvgIpc) is 2.86. The lowest BCUT2D eigenvalue weighted by Crippen LogP contribution is -2.17. The number of fused-ring (bicyclic) bond motifs is 2. The number of esters is 1. The van der Waals surface area contributed by atoms with Gasteiger partial charge in [0.15, 0.2) is 5.76 Å². The van der Waals surface area contributed by atoms with E-state index in [9.17, 15) is 9.90 Å². The number of aliphatic hydroxyl groups is 1. The Morgan fingerprint density at radius 3 is 2.26 bits per heavy atom. The fraction of sp³-hybridized carbons (Fsp3) is 0.200. The van der Waals surface area contributed by atoms with E-state index in [2.05, 4.69) is 11.9 Å². The molecule has 4 heteroatoms. The first-order valence-electron chi connectivity index (χ1n) is 11.8. The monoisotopic (exact) mass is 451 g/mol. The van der Waals surface area contributed by atoms with E-state index in [1.165, 1.54) is 0 Å². The molecule has 4 rings (SSSR count). The summed E-state index contributed by atoms with van der Waals surface area (Å²) in [5.74, 6) is -0.642. The van der Waals surface area contributed by atoms with Gasteiger partial charge in [0.2, 0.25) is 0 Å². The molecule has 0 heterocycles. The molecular formula is C30H29NO3. The minimum atomic E-state index is -0.455. The first-order chi connectivity index (χ1) is 16.7. The van der Waals surface area contributed by atoms with Crippen molar-refractivity contribution in [2.75, 3.05) is 6.54 Å². The molecule has 4 aromatic carbocycles. The molecule has 0 radical (unpaired) electrons. The predicted molar refractivity (Wildman–Crippen MR) is 140 cm³/mol. The van der Waals surface area contributed by atoms with Crippen molar-refractivity contribution in [3.8, 4) is 0 Å². The Bertz CT molecular complexity index is 1340. The lowest BCUT2D eigenvalue weighted by molar-refractivity contribution is -0.134. The predicted octanol–water partition coefficient (Wildman–Crippen LogP) is 7.27. The lowest BCUT2D eigenvalue weighted by Gasteiger charge is -2.10. The van der Waals surface area contributed by atoms with Gasteiger partial charge < -0.3 is 9.84 Å². The minimum Gasteiger partial charge on any atom is -0.503 e. The third kappa shape index (κ3) is 5.70. The number of ether oxygens (including phenoxy) is 1. The van der Waals surface area contributed by atoms with Gasteiger partial charge in [0.25, 0.3) is 5.90 Å². The Kier molecular flexibility index (Phi) is 7.71. The molecule has 0 aromatic heterocycles. The van der Waals surface area contributed by atoms with Crippen molar-refractivity contribution in [3.63, 3.8) is 0 Å². The molecule has 4 nitrogen and oxygen atoms in total. The Balaban J connectivity index is 1.59. The summed E-state index contributed by atoms with van der Waals surface area (Å²) in [6, 6.07) is 27.7. The van der Waals surface area contributed by atoms with Crippen LogP contribution in [0.4, 0.5) is 0 Å². The van der Waals surface area contributed by atoms with Crippen molar-refractivity contribution in [1.29, 1.82) is 0 Å². The number of benzene rings is 4. The number of aliphatic hydroxyl groups excluding tert-OH is 1. The number of unbranched alkanes of at least 4 members (excludes halogenated alkanes) is 2. The molecular weight excluding hydrogens is 422 g/mol. The van der Waals surface area contributed by atoms with E-state index >= 15 is 0 Å². The molecule has 0 aliphatic rings. The van der Waals surface area contributed by atoms with Gasteiger partial charge >= 0.3 is 5.97 Å². The van der Waals surface area contributed by atoms with Gasteiger partial charge in [-0.15, -0.1) is 0 Å². The highest BCUT2D eigenvalue weighted by Gasteiger charge is 2.16. The van der Waals surface area contributed by atoms with Gasteiger partial charge in [-0.05, 0) is 45.2 Å². The fourth-order valence-electron chi connectivity index (χ4n) is 4.04. The second-order valence-electron chi connectivity index (χ2n) is 8.28. The van der Waals surface area contributed by atoms with Gasteiger partial charge in [-0.2, -0.15) is 0 Å². The maximum absolute atomic E-state index is 12.9. The van der Waals surface area contributed by atoms with Crippen molar-refractivity contribution in [2.24, 2.45) is 4.99 Å². The fourth-order valence-corrected chi connectivity index (χ4v) is 4.04. The summed E-state index contributed by atoms with van der Waals surface area (Å²) in [4.78, 5) is 17.3. The van der Waals surface area contributed by atoms with Crippen LogP contribution in [-0.4, -0.2) is 23.5 Å². The Labute approximate surface area is 200 Å². The zero-order chi connectivity index (χ0) is 23.8. The maximum Gasteiger partial charge on any atom is 0.317 e. The Morgan fingerprint density at radius 1 is 0.853 bits per heavy atom. The summed E-state index contributed by atoms with van der Waals surface area (Å²) in [5.41, 5.74) is 1.72. The summed E-state index contributed by atoms with van der Waals surface area (Å²) >= 11 is 0. The normalized spacial score (nSPS) is 12.3. The van der Waals surface area contributed by atoms with Crippen molar-refractivity contribution >= 4 is 39.5 Å². The average molecular weight is 452 g/mol. The Morgan fingerprint density at radius 2 is 1.50 bits per heavy atom. The van der Waals surface area contributed by atoms with E-state index in [1.807, 2.05) is 84.9 Å². The molecule has 0 bridgehead atoms. The maximum atomic E-state index is 12.9. The van der Waals surface area contributed by atoms with E-state index < -0.39 is 5.97 Å². The molecule has 0 aliphatic heterocycles. The van der Waals surface area contributed by atoms with Crippen LogP contribution < -0.4 is 0 Å². The number of nitrogens with zero attached hydrogens (tertiary/aromatic N) is 1. The van der Waals surface area contributed by atoms with E-state index in [4.69, 9.17) is 4.74 Å². The third-order valence-corrected chi connectivity index (χ3v) is 5.78. The summed E-state index contributed by atoms with van der Waals surface area (Å²) < 4.78 is 5.62. The largest absolute Gasteiger partial charge is 0.503 e. The molecule has 0 unspecified atom stereocenters. The van der Waals surface area contributed by atoms with Gasteiger partial charge in [0, 0.05) is 6.54 Å². The van der Waals surface area contributed by atoms with Crippen LogP contribution >= 0.6 is 0 Å². The van der Waals surface area contributed by atoms with E-state index in [0.717, 1.165) is 51.9 Å². The first-order valence-corrected chi connectivity index (χ1v) is 11.8. The zero-order valence-corrected chi connectivity index (χ0v) is 19.4. The van der Waals surface area contributed by atoms with E-state index in [1.54, 1.807) is 6.08 Å². The highest BCUT2D eigenvalue weighted by molar-refractivity contribution is 6.04. The second-order valence-corrected chi connectivity index (χ2v) is 8.28. The molecule has 0 aliphatic carbocycles. The standard InChI is InChI=1S/C30H29NO3/c1-2-3-8-19-31-30(28(32)20-24-15-9-13-22-11-4-6-17-26(22)24)34-29(33)21-25-16-10-14-23-12-5-7-18-27(23)25/h4-7,9-18,20,32H,2-3,8,19,21H2,1H3/b28-20-,31-30?. The number of rotatable bonds is 8. The van der Waals surface area contributed by atoms with Crippen LogP contribution in [-0.2, 0) is 16.0 Å². The molecule has 34 heavy (non-hydrogen) atoms. The van der Waals surface area contributed by atoms with Gasteiger partial charge in [0.05, 0.1) is 6.42 Å². The summed E-state index contributed by atoms with van der Waals surface area (Å²) in [7, 11) is 0. The minimum absolute atomic E-state index is 0.0331. The molecule has 4 aromatic rings. The molecule has 0 fully saturated rings. The SMILES string of the molecule is CCCCCN=C(OC(=O)Cc1cccc2ccccc12)/C(O)=C/c1cccc2ccccc12. The van der Waals surface area contributed by atoms with Crippen LogP contribution in [0, 0.1) is 0 Å². The Hall–Kier alpha value is -3.92. The molecule has 172 valence electrons.